The molecule has 1 atom stereocenters. The molecule has 0 saturated carbocycles. The first-order chi connectivity index (χ1) is 9.31. The lowest BCUT2D eigenvalue weighted by Gasteiger charge is -2.30. The van der Waals surface area contributed by atoms with E-state index < -0.39 is 0 Å². The fourth-order valence-corrected chi connectivity index (χ4v) is 3.00. The van der Waals surface area contributed by atoms with Crippen molar-refractivity contribution >= 4 is 16.5 Å². The highest BCUT2D eigenvalue weighted by molar-refractivity contribution is 5.85. The topological polar surface area (TPSA) is 15.3 Å². The summed E-state index contributed by atoms with van der Waals surface area (Å²) in [5.74, 6) is 0.783. The van der Waals surface area contributed by atoms with E-state index in [0.717, 1.165) is 12.5 Å². The normalized spacial score (nSPS) is 20.6. The van der Waals surface area contributed by atoms with Gasteiger partial charge in [-0.3, -0.25) is 0 Å². The molecule has 1 saturated heterocycles. The maximum Gasteiger partial charge on any atom is 0.0346 e. The lowest BCUT2D eigenvalue weighted by Crippen LogP contribution is -2.35. The van der Waals surface area contributed by atoms with Gasteiger partial charge in [0.25, 0.3) is 0 Å². The van der Waals surface area contributed by atoms with E-state index in [4.69, 9.17) is 0 Å². The molecule has 1 aliphatic rings. The Morgan fingerprint density at radius 2 is 2.00 bits per heavy atom. The van der Waals surface area contributed by atoms with Gasteiger partial charge < -0.3 is 10.2 Å². The number of fused-ring (bicyclic) bond motifs is 1. The van der Waals surface area contributed by atoms with Gasteiger partial charge in [-0.1, -0.05) is 30.3 Å². The summed E-state index contributed by atoms with van der Waals surface area (Å²) in [7, 11) is 2.22. The predicted molar refractivity (Wildman–Crippen MR) is 82.7 cm³/mol. The molecule has 0 aliphatic carbocycles. The zero-order chi connectivity index (χ0) is 13.1. The van der Waals surface area contributed by atoms with Crippen molar-refractivity contribution in [1.29, 1.82) is 0 Å². The van der Waals surface area contributed by atoms with E-state index in [9.17, 15) is 0 Å². The van der Waals surface area contributed by atoms with Gasteiger partial charge in [-0.05, 0) is 55.3 Å². The molecule has 2 nitrogen and oxygen atoms in total. The number of piperidine rings is 1. The molecule has 1 N–H and O–H groups in total. The molecule has 0 bridgehead atoms. The van der Waals surface area contributed by atoms with Crippen LogP contribution >= 0.6 is 0 Å². The summed E-state index contributed by atoms with van der Waals surface area (Å²) in [5, 5.41) is 6.22. The van der Waals surface area contributed by atoms with Gasteiger partial charge in [0, 0.05) is 18.8 Å². The molecule has 19 heavy (non-hydrogen) atoms. The summed E-state index contributed by atoms with van der Waals surface area (Å²) in [6.45, 7) is 3.57. The minimum absolute atomic E-state index is 0.783. The van der Waals surface area contributed by atoms with E-state index in [1.807, 2.05) is 0 Å². The number of nitrogens with zero attached hydrogens (tertiary/aromatic N) is 1. The Hall–Kier alpha value is -1.54. The van der Waals surface area contributed by atoms with Crippen LogP contribution in [-0.4, -0.2) is 31.6 Å². The summed E-state index contributed by atoms with van der Waals surface area (Å²) in [6.07, 6.45) is 2.69. The third-order valence-electron chi connectivity index (χ3n) is 4.07. The third-order valence-corrected chi connectivity index (χ3v) is 4.07. The molecular formula is C17H22N2. The third kappa shape index (κ3) is 3.07. The SMILES string of the molecule is CN1CCCC(CNc2ccc3ccccc3c2)C1. The second-order valence-electron chi connectivity index (χ2n) is 5.71. The van der Waals surface area contributed by atoms with Crippen LogP contribution < -0.4 is 5.32 Å². The Morgan fingerprint density at radius 1 is 1.16 bits per heavy atom. The van der Waals surface area contributed by atoms with Crippen molar-refractivity contribution in [2.45, 2.75) is 12.8 Å². The van der Waals surface area contributed by atoms with Crippen molar-refractivity contribution in [3.63, 3.8) is 0 Å². The van der Waals surface area contributed by atoms with Crippen LogP contribution in [-0.2, 0) is 0 Å². The Bertz CT molecular complexity index is 550. The van der Waals surface area contributed by atoms with Crippen molar-refractivity contribution in [3.05, 3.63) is 42.5 Å². The highest BCUT2D eigenvalue weighted by Gasteiger charge is 2.16. The van der Waals surface area contributed by atoms with Crippen LogP contribution in [0, 0.1) is 5.92 Å². The van der Waals surface area contributed by atoms with Gasteiger partial charge in [0.15, 0.2) is 0 Å². The predicted octanol–water partition coefficient (Wildman–Crippen LogP) is 3.59. The number of anilines is 1. The molecule has 2 aromatic carbocycles. The van der Waals surface area contributed by atoms with E-state index >= 15 is 0 Å². The van der Waals surface area contributed by atoms with Crippen LogP contribution in [0.4, 0.5) is 5.69 Å². The smallest absolute Gasteiger partial charge is 0.0346 e. The number of likely N-dealkylation sites (tertiary alicyclic amines) is 1. The van der Waals surface area contributed by atoms with Gasteiger partial charge in [-0.2, -0.15) is 0 Å². The Labute approximate surface area is 115 Å². The number of benzene rings is 2. The summed E-state index contributed by atoms with van der Waals surface area (Å²) in [5.41, 5.74) is 1.24. The van der Waals surface area contributed by atoms with Crippen LogP contribution in [0.5, 0.6) is 0 Å². The minimum atomic E-state index is 0.783. The quantitative estimate of drug-likeness (QED) is 0.900. The standard InChI is InChI=1S/C17H22N2/c1-19-10-4-5-14(13-19)12-18-17-9-8-15-6-2-3-7-16(15)11-17/h2-3,6-9,11,14,18H,4-5,10,12-13H2,1H3. The molecule has 1 fully saturated rings. The maximum absolute atomic E-state index is 3.60. The summed E-state index contributed by atoms with van der Waals surface area (Å²) < 4.78 is 0. The van der Waals surface area contributed by atoms with Crippen molar-refractivity contribution in [2.75, 3.05) is 32.0 Å². The highest BCUT2D eigenvalue weighted by atomic mass is 15.1. The van der Waals surface area contributed by atoms with Crippen LogP contribution in [0.15, 0.2) is 42.5 Å². The van der Waals surface area contributed by atoms with Crippen LogP contribution in [0.2, 0.25) is 0 Å². The molecular weight excluding hydrogens is 232 g/mol. The number of nitrogens with one attached hydrogen (secondary N) is 1. The van der Waals surface area contributed by atoms with E-state index in [-0.39, 0.29) is 0 Å². The maximum atomic E-state index is 3.60. The molecule has 0 spiro atoms. The number of rotatable bonds is 3. The average molecular weight is 254 g/mol. The van der Waals surface area contributed by atoms with Crippen molar-refractivity contribution in [2.24, 2.45) is 5.92 Å². The fraction of sp³-hybridized carbons (Fsp3) is 0.412. The first-order valence-corrected chi connectivity index (χ1v) is 7.22. The zero-order valence-corrected chi connectivity index (χ0v) is 11.6. The molecule has 3 rings (SSSR count). The molecule has 1 unspecified atom stereocenters. The Morgan fingerprint density at radius 3 is 2.84 bits per heavy atom. The fourth-order valence-electron chi connectivity index (χ4n) is 3.00. The molecule has 1 aliphatic heterocycles. The van der Waals surface area contributed by atoms with Crippen LogP contribution in [0.25, 0.3) is 10.8 Å². The van der Waals surface area contributed by atoms with Crippen molar-refractivity contribution in [3.8, 4) is 0 Å². The van der Waals surface area contributed by atoms with Crippen LogP contribution in [0.1, 0.15) is 12.8 Å². The highest BCUT2D eigenvalue weighted by Crippen LogP contribution is 2.20. The molecule has 2 aromatic rings. The van der Waals surface area contributed by atoms with Gasteiger partial charge in [-0.25, -0.2) is 0 Å². The van der Waals surface area contributed by atoms with Gasteiger partial charge in [0.05, 0.1) is 0 Å². The molecule has 2 heteroatoms. The summed E-state index contributed by atoms with van der Waals surface area (Å²) >= 11 is 0. The average Bonchev–Trinajstić information content (AvgIpc) is 2.45. The second-order valence-corrected chi connectivity index (χ2v) is 5.71. The van der Waals surface area contributed by atoms with Gasteiger partial charge >= 0.3 is 0 Å². The van der Waals surface area contributed by atoms with Gasteiger partial charge in [0.1, 0.15) is 0 Å². The Balaban J connectivity index is 1.64. The lowest BCUT2D eigenvalue weighted by atomic mass is 9.98. The monoisotopic (exact) mass is 254 g/mol. The first-order valence-electron chi connectivity index (χ1n) is 7.22. The summed E-state index contributed by atoms with van der Waals surface area (Å²) in [4.78, 5) is 2.44. The van der Waals surface area contributed by atoms with E-state index in [1.54, 1.807) is 0 Å². The van der Waals surface area contributed by atoms with Crippen molar-refractivity contribution < 1.29 is 0 Å². The molecule has 0 radical (unpaired) electrons. The Kier molecular flexibility index (Phi) is 3.69. The zero-order valence-electron chi connectivity index (χ0n) is 11.6. The van der Waals surface area contributed by atoms with Crippen LogP contribution in [0.3, 0.4) is 0 Å². The van der Waals surface area contributed by atoms with Gasteiger partial charge in [0.2, 0.25) is 0 Å². The van der Waals surface area contributed by atoms with E-state index in [0.29, 0.717) is 0 Å². The molecule has 100 valence electrons. The first kappa shape index (κ1) is 12.5. The molecule has 0 amide bonds. The summed E-state index contributed by atoms with van der Waals surface area (Å²) in [6, 6.07) is 15.2. The van der Waals surface area contributed by atoms with Crippen molar-refractivity contribution in [1.82, 2.24) is 4.90 Å². The lowest BCUT2D eigenvalue weighted by molar-refractivity contribution is 0.217. The second kappa shape index (κ2) is 5.62. The minimum Gasteiger partial charge on any atom is -0.385 e. The molecule has 0 aromatic heterocycles. The largest absolute Gasteiger partial charge is 0.385 e. The van der Waals surface area contributed by atoms with Gasteiger partial charge in [-0.15, -0.1) is 0 Å². The number of hydrogen-bond donors (Lipinski definition) is 1. The van der Waals surface area contributed by atoms with E-state index in [2.05, 4.69) is 59.7 Å². The number of hydrogen-bond acceptors (Lipinski definition) is 2. The van der Waals surface area contributed by atoms with E-state index in [1.165, 1.54) is 42.4 Å². The molecule has 1 heterocycles.